The second kappa shape index (κ2) is 11.1. The van der Waals surface area contributed by atoms with Crippen LogP contribution in [0.1, 0.15) is 33.5 Å². The molecule has 2 aromatic carbocycles. The summed E-state index contributed by atoms with van der Waals surface area (Å²) in [5.41, 5.74) is 9.59. The quantitative estimate of drug-likeness (QED) is 0.233. The molecule has 0 saturated carbocycles. The van der Waals surface area contributed by atoms with Gasteiger partial charge >= 0.3 is 12.1 Å². The van der Waals surface area contributed by atoms with Gasteiger partial charge in [0, 0.05) is 22.9 Å². The number of benzene rings is 2. The van der Waals surface area contributed by atoms with Crippen molar-refractivity contribution in [1.82, 2.24) is 0 Å². The van der Waals surface area contributed by atoms with Gasteiger partial charge in [-0.2, -0.15) is 13.2 Å². The number of carbonyl (C=O) groups excluding carboxylic acids is 2. The molecular weight excluding hydrogens is 439 g/mol. The average Bonchev–Trinajstić information content (AvgIpc) is 2.77. The topological polar surface area (TPSA) is 133 Å². The van der Waals surface area contributed by atoms with Crippen molar-refractivity contribution < 1.29 is 32.7 Å². The number of amidine groups is 1. The Labute approximate surface area is 187 Å². The first-order valence-corrected chi connectivity index (χ1v) is 9.80. The van der Waals surface area contributed by atoms with E-state index in [2.05, 4.69) is 5.32 Å². The zero-order valence-electron chi connectivity index (χ0n) is 17.4. The number of allylic oxidation sites excluding steroid dienone is 1. The van der Waals surface area contributed by atoms with Gasteiger partial charge in [-0.25, -0.2) is 4.79 Å². The molecule has 1 aliphatic rings. The van der Waals surface area contributed by atoms with E-state index in [0.29, 0.717) is 11.1 Å². The predicted molar refractivity (Wildman–Crippen MR) is 116 cm³/mol. The van der Waals surface area contributed by atoms with Gasteiger partial charge in [-0.3, -0.25) is 15.0 Å². The molecule has 5 N–H and O–H groups in total. The van der Waals surface area contributed by atoms with Crippen LogP contribution in [0.25, 0.3) is 0 Å². The number of aldehydes is 1. The van der Waals surface area contributed by atoms with Crippen LogP contribution in [0.4, 0.5) is 18.9 Å². The zero-order chi connectivity index (χ0) is 24.6. The SMILES string of the molecule is N=C(N)c1ccc(C(=O)Nc2ccc3c(c2)CCC(/C=C/C(=O)O)C3)cc1.O=CC(F)(F)F. The zero-order valence-corrected chi connectivity index (χ0v) is 17.4. The highest BCUT2D eigenvalue weighted by atomic mass is 19.4. The smallest absolute Gasteiger partial charge is 0.446 e. The molecule has 0 spiro atoms. The number of hydrogen-bond acceptors (Lipinski definition) is 4. The predicted octanol–water partition coefficient (Wildman–Crippen LogP) is 3.72. The molecular formula is C23H22F3N3O4. The van der Waals surface area contributed by atoms with Crippen LogP contribution >= 0.6 is 0 Å². The van der Waals surface area contributed by atoms with E-state index in [4.69, 9.17) is 21.0 Å². The standard InChI is InChI=1S/C21H21N3O3.C2HF3O/c22-20(23)14-4-6-15(7-5-14)21(27)24-18-9-8-16-11-13(2-10-19(25)26)1-3-17(16)12-18;3-2(4,5)1-6/h2,4-10,12-13H,1,3,11H2,(H3,22,23)(H,24,27)(H,25,26);1H/b10-2+;. The van der Waals surface area contributed by atoms with Gasteiger partial charge in [0.2, 0.25) is 6.29 Å². The monoisotopic (exact) mass is 461 g/mol. The molecule has 0 aromatic heterocycles. The largest absolute Gasteiger partial charge is 0.478 e. The number of anilines is 1. The van der Waals surface area contributed by atoms with Crippen molar-refractivity contribution in [2.45, 2.75) is 25.4 Å². The van der Waals surface area contributed by atoms with Crippen LogP contribution in [0.15, 0.2) is 54.6 Å². The lowest BCUT2D eigenvalue weighted by Crippen LogP contribution is -2.16. The molecule has 0 bridgehead atoms. The molecule has 1 aliphatic carbocycles. The number of carbonyl (C=O) groups is 3. The fourth-order valence-corrected chi connectivity index (χ4v) is 3.25. The summed E-state index contributed by atoms with van der Waals surface area (Å²) in [4.78, 5) is 31.8. The lowest BCUT2D eigenvalue weighted by atomic mass is 9.83. The van der Waals surface area contributed by atoms with E-state index >= 15 is 0 Å². The van der Waals surface area contributed by atoms with Crippen molar-refractivity contribution in [3.05, 3.63) is 76.9 Å². The molecule has 0 saturated heterocycles. The van der Waals surface area contributed by atoms with Crippen molar-refractivity contribution in [2.24, 2.45) is 11.7 Å². The second-order valence-electron chi connectivity index (χ2n) is 7.29. The minimum absolute atomic E-state index is 0.0341. The molecule has 174 valence electrons. The molecule has 2 aromatic rings. The van der Waals surface area contributed by atoms with E-state index < -0.39 is 18.4 Å². The molecule has 1 amide bonds. The molecule has 0 fully saturated rings. The van der Waals surface area contributed by atoms with E-state index in [-0.39, 0.29) is 17.7 Å². The molecule has 3 rings (SSSR count). The van der Waals surface area contributed by atoms with Crippen molar-refractivity contribution >= 4 is 29.7 Å². The van der Waals surface area contributed by atoms with Crippen molar-refractivity contribution in [1.29, 1.82) is 5.41 Å². The maximum atomic E-state index is 12.4. The Kier molecular flexibility index (Phi) is 8.49. The third-order valence-corrected chi connectivity index (χ3v) is 4.83. The highest BCUT2D eigenvalue weighted by Crippen LogP contribution is 2.28. The summed E-state index contributed by atoms with van der Waals surface area (Å²) in [6, 6.07) is 12.4. The van der Waals surface area contributed by atoms with Crippen molar-refractivity contribution in [3.8, 4) is 0 Å². The summed E-state index contributed by atoms with van der Waals surface area (Å²) in [6.45, 7) is 0. The first-order valence-electron chi connectivity index (χ1n) is 9.80. The maximum absolute atomic E-state index is 12.4. The number of alkyl halides is 3. The fourth-order valence-electron chi connectivity index (χ4n) is 3.25. The number of nitrogens with two attached hydrogens (primary N) is 1. The summed E-state index contributed by atoms with van der Waals surface area (Å²) in [6.07, 6.45) is -0.193. The first kappa shape index (κ1) is 25.3. The van der Waals surface area contributed by atoms with Crippen molar-refractivity contribution in [3.63, 3.8) is 0 Å². The normalized spacial score (nSPS) is 15.1. The Morgan fingerprint density at radius 2 is 1.70 bits per heavy atom. The van der Waals surface area contributed by atoms with E-state index in [1.807, 2.05) is 18.2 Å². The molecule has 7 nitrogen and oxygen atoms in total. The van der Waals surface area contributed by atoms with Gasteiger partial charge in [-0.1, -0.05) is 24.3 Å². The number of fused-ring (bicyclic) bond motifs is 1. The number of nitrogen functional groups attached to an aromatic ring is 1. The van der Waals surface area contributed by atoms with Gasteiger partial charge in [0.15, 0.2) is 0 Å². The number of amides is 1. The van der Waals surface area contributed by atoms with E-state index in [0.717, 1.165) is 24.9 Å². The molecule has 33 heavy (non-hydrogen) atoms. The van der Waals surface area contributed by atoms with Gasteiger partial charge in [0.05, 0.1) is 0 Å². The number of aryl methyl sites for hydroxylation is 1. The van der Waals surface area contributed by atoms with Crippen LogP contribution in [-0.4, -0.2) is 35.3 Å². The van der Waals surface area contributed by atoms with Crippen molar-refractivity contribution in [2.75, 3.05) is 5.32 Å². The number of rotatable bonds is 5. The van der Waals surface area contributed by atoms with Gasteiger partial charge in [0.25, 0.3) is 5.91 Å². The van der Waals surface area contributed by atoms with Gasteiger partial charge in [-0.05, 0) is 60.6 Å². The molecule has 0 heterocycles. The number of carboxylic acids is 1. The summed E-state index contributed by atoms with van der Waals surface area (Å²) in [5.74, 6) is -0.944. The van der Waals surface area contributed by atoms with E-state index in [9.17, 15) is 22.8 Å². The first-order chi connectivity index (χ1) is 15.5. The fraction of sp³-hybridized carbons (Fsp3) is 0.217. The van der Waals surface area contributed by atoms with Gasteiger partial charge in [0.1, 0.15) is 5.84 Å². The molecule has 0 radical (unpaired) electrons. The molecule has 10 heteroatoms. The Balaban J connectivity index is 0.000000569. The minimum atomic E-state index is -4.64. The Bertz CT molecular complexity index is 1060. The van der Waals surface area contributed by atoms with Crippen LogP contribution in [0.5, 0.6) is 0 Å². The summed E-state index contributed by atoms with van der Waals surface area (Å²) >= 11 is 0. The lowest BCUT2D eigenvalue weighted by Gasteiger charge is -2.22. The Morgan fingerprint density at radius 1 is 1.09 bits per heavy atom. The van der Waals surface area contributed by atoms with E-state index in [1.165, 1.54) is 17.2 Å². The number of halogens is 3. The molecule has 1 atom stereocenters. The van der Waals surface area contributed by atoms with Crippen LogP contribution in [0, 0.1) is 11.3 Å². The molecule has 1 unspecified atom stereocenters. The van der Waals surface area contributed by atoms with Gasteiger partial charge in [-0.15, -0.1) is 0 Å². The lowest BCUT2D eigenvalue weighted by molar-refractivity contribution is -0.156. The highest BCUT2D eigenvalue weighted by molar-refractivity contribution is 6.05. The third-order valence-electron chi connectivity index (χ3n) is 4.83. The molecule has 0 aliphatic heterocycles. The Morgan fingerprint density at radius 3 is 2.24 bits per heavy atom. The Hall–Kier alpha value is -3.95. The van der Waals surface area contributed by atoms with Crippen LogP contribution in [-0.2, 0) is 22.4 Å². The average molecular weight is 461 g/mol. The van der Waals surface area contributed by atoms with Gasteiger partial charge < -0.3 is 16.2 Å². The number of hydrogen-bond donors (Lipinski definition) is 4. The number of nitrogens with one attached hydrogen (secondary N) is 2. The minimum Gasteiger partial charge on any atom is -0.478 e. The second-order valence-corrected chi connectivity index (χ2v) is 7.29. The number of carboxylic acid groups (broad SMARTS) is 1. The number of aliphatic carboxylic acids is 1. The van der Waals surface area contributed by atoms with Crippen LogP contribution in [0.2, 0.25) is 0 Å². The van der Waals surface area contributed by atoms with E-state index in [1.54, 1.807) is 30.3 Å². The third kappa shape index (κ3) is 8.24. The van der Waals surface area contributed by atoms with Crippen LogP contribution in [0.3, 0.4) is 0 Å². The highest BCUT2D eigenvalue weighted by Gasteiger charge is 2.25. The summed E-state index contributed by atoms with van der Waals surface area (Å²) < 4.78 is 31.2. The maximum Gasteiger partial charge on any atom is 0.446 e. The summed E-state index contributed by atoms with van der Waals surface area (Å²) in [5, 5.41) is 19.0. The summed E-state index contributed by atoms with van der Waals surface area (Å²) in [7, 11) is 0. The van der Waals surface area contributed by atoms with Crippen LogP contribution < -0.4 is 11.1 Å².